The van der Waals surface area contributed by atoms with E-state index in [4.69, 9.17) is 0 Å². The second-order valence-electron chi connectivity index (χ2n) is 6.43. The third-order valence-electron chi connectivity index (χ3n) is 4.66. The number of Topliss-reactive ketones (excluding diaryl/α,β-unsaturated/α-hetero) is 1. The van der Waals surface area contributed by atoms with Gasteiger partial charge in [0.25, 0.3) is 0 Å². The van der Waals surface area contributed by atoms with Gasteiger partial charge < -0.3 is 5.11 Å². The normalized spacial score (nSPS) is 23.4. The first-order chi connectivity index (χ1) is 9.49. The van der Waals surface area contributed by atoms with Crippen LogP contribution in [0.5, 0.6) is 0 Å². The van der Waals surface area contributed by atoms with E-state index in [0.717, 1.165) is 23.1 Å². The lowest BCUT2D eigenvalue weighted by Crippen LogP contribution is -2.18. The van der Waals surface area contributed by atoms with Gasteiger partial charge in [-0.2, -0.15) is 0 Å². The van der Waals surface area contributed by atoms with E-state index in [1.165, 1.54) is 18.4 Å². The van der Waals surface area contributed by atoms with Gasteiger partial charge >= 0.3 is 0 Å². The van der Waals surface area contributed by atoms with Gasteiger partial charge in [0.1, 0.15) is 5.76 Å². The van der Waals surface area contributed by atoms with Gasteiger partial charge in [-0.05, 0) is 61.3 Å². The Labute approximate surface area is 120 Å². The molecule has 0 heterocycles. The number of carbonyl (C=O) groups excluding carboxylic acids is 1. The summed E-state index contributed by atoms with van der Waals surface area (Å²) >= 11 is 0. The lowest BCUT2D eigenvalue weighted by Gasteiger charge is -2.23. The molecule has 1 N–H and O–H groups in total. The van der Waals surface area contributed by atoms with Crippen molar-refractivity contribution in [1.82, 2.24) is 0 Å². The van der Waals surface area contributed by atoms with E-state index < -0.39 is 0 Å². The highest BCUT2D eigenvalue weighted by molar-refractivity contribution is 6.22. The molecule has 1 saturated carbocycles. The Bertz CT molecular complexity index is 583. The van der Waals surface area contributed by atoms with Gasteiger partial charge in [0.15, 0.2) is 5.78 Å². The molecule has 20 heavy (non-hydrogen) atoms. The van der Waals surface area contributed by atoms with Crippen LogP contribution in [0.3, 0.4) is 0 Å². The summed E-state index contributed by atoms with van der Waals surface area (Å²) in [5, 5.41) is 10.4. The van der Waals surface area contributed by atoms with Crippen molar-refractivity contribution in [3.05, 3.63) is 40.1 Å². The molecule has 1 atom stereocenters. The molecule has 0 saturated heterocycles. The van der Waals surface area contributed by atoms with Crippen LogP contribution in [0.2, 0.25) is 0 Å². The number of hydrogen-bond acceptors (Lipinski definition) is 2. The SMILES string of the molecule is Cc1cc(C2CC2)cc(C)c1C1=C(O)C(C)CCC1=O. The van der Waals surface area contributed by atoms with Gasteiger partial charge in [0.05, 0.1) is 5.57 Å². The maximum absolute atomic E-state index is 12.3. The predicted octanol–water partition coefficient (Wildman–Crippen LogP) is 4.45. The van der Waals surface area contributed by atoms with Gasteiger partial charge in [0.2, 0.25) is 0 Å². The minimum Gasteiger partial charge on any atom is -0.511 e. The molecule has 0 spiro atoms. The van der Waals surface area contributed by atoms with Crippen molar-refractivity contribution in [2.75, 3.05) is 0 Å². The highest BCUT2D eigenvalue weighted by Crippen LogP contribution is 2.43. The van der Waals surface area contributed by atoms with Gasteiger partial charge in [-0.15, -0.1) is 0 Å². The van der Waals surface area contributed by atoms with E-state index in [9.17, 15) is 9.90 Å². The van der Waals surface area contributed by atoms with Crippen molar-refractivity contribution in [3.8, 4) is 0 Å². The third kappa shape index (κ3) is 2.17. The number of hydrogen-bond donors (Lipinski definition) is 1. The van der Waals surface area contributed by atoms with E-state index in [0.29, 0.717) is 17.9 Å². The first-order valence-corrected chi connectivity index (χ1v) is 7.57. The Morgan fingerprint density at radius 1 is 1.10 bits per heavy atom. The van der Waals surface area contributed by atoms with Crippen molar-refractivity contribution >= 4 is 11.4 Å². The smallest absolute Gasteiger partial charge is 0.166 e. The molecule has 1 aromatic rings. The largest absolute Gasteiger partial charge is 0.511 e. The average molecular weight is 270 g/mol. The predicted molar refractivity (Wildman–Crippen MR) is 80.8 cm³/mol. The summed E-state index contributed by atoms with van der Waals surface area (Å²) in [7, 11) is 0. The van der Waals surface area contributed by atoms with Crippen molar-refractivity contribution < 1.29 is 9.90 Å². The first-order valence-electron chi connectivity index (χ1n) is 7.57. The Morgan fingerprint density at radius 3 is 2.25 bits per heavy atom. The molecule has 2 aliphatic rings. The van der Waals surface area contributed by atoms with Crippen LogP contribution in [0.15, 0.2) is 17.9 Å². The molecule has 2 nitrogen and oxygen atoms in total. The summed E-state index contributed by atoms with van der Waals surface area (Å²) in [6.45, 7) is 6.10. The summed E-state index contributed by atoms with van der Waals surface area (Å²) < 4.78 is 0. The summed E-state index contributed by atoms with van der Waals surface area (Å²) in [6.07, 6.45) is 3.86. The highest BCUT2D eigenvalue weighted by Gasteiger charge is 2.30. The number of rotatable bonds is 2. The number of carbonyl (C=O) groups is 1. The molecule has 106 valence electrons. The summed E-state index contributed by atoms with van der Waals surface area (Å²) in [5.41, 5.74) is 5.16. The molecule has 3 rings (SSSR count). The van der Waals surface area contributed by atoms with Crippen molar-refractivity contribution in [1.29, 1.82) is 0 Å². The number of aliphatic hydroxyl groups is 1. The molecular formula is C18H22O2. The molecule has 1 aromatic carbocycles. The molecule has 0 amide bonds. The second-order valence-corrected chi connectivity index (χ2v) is 6.43. The quantitative estimate of drug-likeness (QED) is 0.862. The monoisotopic (exact) mass is 270 g/mol. The average Bonchev–Trinajstić information content (AvgIpc) is 3.21. The molecule has 2 heteroatoms. The molecular weight excluding hydrogens is 248 g/mol. The van der Waals surface area contributed by atoms with Crippen molar-refractivity contribution in [3.63, 3.8) is 0 Å². The minimum atomic E-state index is 0.0876. The fourth-order valence-electron chi connectivity index (χ4n) is 3.31. The Balaban J connectivity index is 2.13. The topological polar surface area (TPSA) is 37.3 Å². The van der Waals surface area contributed by atoms with Gasteiger partial charge in [-0.1, -0.05) is 19.1 Å². The number of ketones is 1. The summed E-state index contributed by atoms with van der Waals surface area (Å²) in [4.78, 5) is 12.3. The number of allylic oxidation sites excluding steroid dienone is 2. The van der Waals surface area contributed by atoms with Crippen LogP contribution < -0.4 is 0 Å². The molecule has 0 radical (unpaired) electrons. The molecule has 1 fully saturated rings. The maximum Gasteiger partial charge on any atom is 0.166 e. The summed E-state index contributed by atoms with van der Waals surface area (Å²) in [5.74, 6) is 1.17. The van der Waals surface area contributed by atoms with Gasteiger partial charge in [0, 0.05) is 12.3 Å². The summed E-state index contributed by atoms with van der Waals surface area (Å²) in [6, 6.07) is 4.40. The minimum absolute atomic E-state index is 0.0876. The van der Waals surface area contributed by atoms with E-state index in [1.54, 1.807) is 0 Å². The van der Waals surface area contributed by atoms with Crippen molar-refractivity contribution in [2.45, 2.75) is 52.4 Å². The number of benzene rings is 1. The zero-order chi connectivity index (χ0) is 14.4. The van der Waals surface area contributed by atoms with Crippen molar-refractivity contribution in [2.24, 2.45) is 5.92 Å². The number of aryl methyl sites for hydroxylation is 2. The van der Waals surface area contributed by atoms with Crippen LogP contribution in [0.1, 0.15) is 60.8 Å². The lowest BCUT2D eigenvalue weighted by atomic mass is 9.81. The lowest BCUT2D eigenvalue weighted by molar-refractivity contribution is -0.114. The number of aliphatic hydroxyl groups excluding tert-OH is 1. The Hall–Kier alpha value is -1.57. The molecule has 2 aliphatic carbocycles. The molecule has 0 aliphatic heterocycles. The van der Waals surface area contributed by atoms with Gasteiger partial charge in [-0.3, -0.25) is 4.79 Å². The van der Waals surface area contributed by atoms with Crippen LogP contribution in [0.25, 0.3) is 5.57 Å². The standard InChI is InChI=1S/C18H22O2/c1-10-4-7-15(19)17(18(10)20)16-11(2)8-14(9-12(16)3)13-5-6-13/h8-10,13,20H,4-7H2,1-3H3. The van der Waals surface area contributed by atoms with E-state index in [1.807, 2.05) is 6.92 Å². The van der Waals surface area contributed by atoms with Crippen LogP contribution >= 0.6 is 0 Å². The highest BCUT2D eigenvalue weighted by atomic mass is 16.3. The van der Waals surface area contributed by atoms with Gasteiger partial charge in [-0.25, -0.2) is 0 Å². The van der Waals surface area contributed by atoms with Crippen LogP contribution in [0, 0.1) is 19.8 Å². The molecule has 0 aromatic heterocycles. The third-order valence-corrected chi connectivity index (χ3v) is 4.66. The Morgan fingerprint density at radius 2 is 1.70 bits per heavy atom. The molecule has 1 unspecified atom stereocenters. The molecule has 0 bridgehead atoms. The van der Waals surface area contributed by atoms with E-state index >= 15 is 0 Å². The first kappa shape index (κ1) is 13.4. The van der Waals surface area contributed by atoms with Crippen LogP contribution in [-0.4, -0.2) is 10.9 Å². The second kappa shape index (κ2) is 4.76. The zero-order valence-corrected chi connectivity index (χ0v) is 12.5. The fourth-order valence-corrected chi connectivity index (χ4v) is 3.31. The zero-order valence-electron chi connectivity index (χ0n) is 12.5. The van der Waals surface area contributed by atoms with Crippen LogP contribution in [0.4, 0.5) is 0 Å². The Kier molecular flexibility index (Phi) is 3.19. The maximum atomic E-state index is 12.3. The van der Waals surface area contributed by atoms with Crippen LogP contribution in [-0.2, 0) is 4.79 Å². The van der Waals surface area contributed by atoms with E-state index in [2.05, 4.69) is 26.0 Å². The van der Waals surface area contributed by atoms with E-state index in [-0.39, 0.29) is 17.5 Å². The fraction of sp³-hybridized carbons (Fsp3) is 0.500.